The molecule has 1 rings (SSSR count). The Balaban J connectivity index is 2.51. The third kappa shape index (κ3) is 6.26. The zero-order chi connectivity index (χ0) is 16.8. The van der Waals surface area contributed by atoms with Crippen molar-refractivity contribution >= 4 is 13.9 Å². The molecule has 0 bridgehead atoms. The fourth-order valence-electron chi connectivity index (χ4n) is 2.86. The van der Waals surface area contributed by atoms with Gasteiger partial charge in [0, 0.05) is 13.0 Å². The molecule has 1 fully saturated rings. The number of amides is 1. The summed E-state index contributed by atoms with van der Waals surface area (Å²) < 4.78 is 17.1. The Bertz CT molecular complexity index is 385. The summed E-state index contributed by atoms with van der Waals surface area (Å²) in [5, 5.41) is 21.9. The number of hydrogen-bond acceptors (Lipinski definition) is 6. The molecule has 4 atom stereocenters. The number of nitrogens with two attached hydrogens (primary N) is 1. The Labute approximate surface area is 132 Å². The largest absolute Gasteiger partial charge is 0.505 e. The third-order valence-corrected chi connectivity index (χ3v) is 4.67. The SMILES string of the molecule is CC(O)C(N)C(=O)NC[C@H](O)CC1(O[P+](C)=O)CCCCC1. The molecule has 8 heteroatoms. The minimum atomic E-state index is -1.74. The lowest BCUT2D eigenvalue weighted by Gasteiger charge is -2.33. The van der Waals surface area contributed by atoms with Crippen LogP contribution < -0.4 is 11.1 Å². The molecule has 128 valence electrons. The molecule has 5 N–H and O–H groups in total. The fraction of sp³-hybridized carbons (Fsp3) is 0.929. The van der Waals surface area contributed by atoms with Gasteiger partial charge in [0.25, 0.3) is 0 Å². The van der Waals surface area contributed by atoms with Crippen LogP contribution in [0.2, 0.25) is 0 Å². The monoisotopic (exact) mass is 335 g/mol. The van der Waals surface area contributed by atoms with Gasteiger partial charge in [-0.15, -0.1) is 4.52 Å². The Morgan fingerprint density at radius 2 is 1.95 bits per heavy atom. The molecule has 1 saturated carbocycles. The van der Waals surface area contributed by atoms with Crippen molar-refractivity contribution in [1.29, 1.82) is 0 Å². The molecule has 0 aromatic carbocycles. The molecule has 0 aromatic heterocycles. The molecule has 0 saturated heterocycles. The lowest BCUT2D eigenvalue weighted by molar-refractivity contribution is -0.125. The van der Waals surface area contributed by atoms with E-state index in [1.165, 1.54) is 13.6 Å². The van der Waals surface area contributed by atoms with Crippen LogP contribution in [-0.2, 0) is 13.9 Å². The maximum atomic E-state index is 11.7. The minimum Gasteiger partial charge on any atom is -0.391 e. The van der Waals surface area contributed by atoms with Crippen molar-refractivity contribution in [3.05, 3.63) is 0 Å². The maximum Gasteiger partial charge on any atom is 0.505 e. The maximum absolute atomic E-state index is 11.7. The Morgan fingerprint density at radius 1 is 1.36 bits per heavy atom. The van der Waals surface area contributed by atoms with Crippen LogP contribution in [0.15, 0.2) is 0 Å². The van der Waals surface area contributed by atoms with Gasteiger partial charge in [0.15, 0.2) is 6.66 Å². The van der Waals surface area contributed by atoms with Gasteiger partial charge in [-0.3, -0.25) is 4.79 Å². The summed E-state index contributed by atoms with van der Waals surface area (Å²) in [6, 6.07) is -1.02. The number of hydrogen-bond donors (Lipinski definition) is 4. The average molecular weight is 335 g/mol. The molecule has 3 unspecified atom stereocenters. The van der Waals surface area contributed by atoms with Crippen LogP contribution in [0.5, 0.6) is 0 Å². The van der Waals surface area contributed by atoms with Crippen LogP contribution in [0.3, 0.4) is 0 Å². The van der Waals surface area contributed by atoms with Crippen molar-refractivity contribution in [2.45, 2.75) is 69.3 Å². The molecular formula is C14H28N2O5P+. The van der Waals surface area contributed by atoms with E-state index in [1.807, 2.05) is 0 Å². The fourth-order valence-corrected chi connectivity index (χ4v) is 3.66. The number of aliphatic hydroxyl groups is 2. The lowest BCUT2D eigenvalue weighted by atomic mass is 9.81. The molecular weight excluding hydrogens is 307 g/mol. The smallest absolute Gasteiger partial charge is 0.391 e. The van der Waals surface area contributed by atoms with E-state index >= 15 is 0 Å². The van der Waals surface area contributed by atoms with Crippen molar-refractivity contribution in [2.24, 2.45) is 5.73 Å². The van der Waals surface area contributed by atoms with Crippen molar-refractivity contribution in [2.75, 3.05) is 13.2 Å². The first-order chi connectivity index (χ1) is 10.3. The van der Waals surface area contributed by atoms with E-state index in [0.29, 0.717) is 6.42 Å². The summed E-state index contributed by atoms with van der Waals surface area (Å²) in [6.07, 6.45) is 3.17. The van der Waals surface area contributed by atoms with Gasteiger partial charge in [-0.25, -0.2) is 0 Å². The standard InChI is InChI=1S/C14H27N2O5P/c1-10(17)12(15)13(19)16-9-11(18)8-14(21-22(2)20)6-4-3-5-7-14/h10-12,17-18H,3-9,15H2,1-2H3/p+1/t10?,11-,12?/m1/s1. The van der Waals surface area contributed by atoms with E-state index < -0.39 is 37.8 Å². The first-order valence-electron chi connectivity index (χ1n) is 7.75. The summed E-state index contributed by atoms with van der Waals surface area (Å²) >= 11 is 0. The number of rotatable bonds is 8. The van der Waals surface area contributed by atoms with Gasteiger partial charge in [0.1, 0.15) is 11.6 Å². The quantitative estimate of drug-likeness (QED) is 0.483. The predicted octanol–water partition coefficient (Wildman–Crippen LogP) is 0.653. The molecule has 1 amide bonds. The van der Waals surface area contributed by atoms with Gasteiger partial charge in [0.2, 0.25) is 5.91 Å². The van der Waals surface area contributed by atoms with Crippen LogP contribution >= 0.6 is 8.03 Å². The molecule has 0 radical (unpaired) electrons. The highest BCUT2D eigenvalue weighted by Crippen LogP contribution is 2.41. The van der Waals surface area contributed by atoms with Crippen molar-refractivity contribution in [3.63, 3.8) is 0 Å². The van der Waals surface area contributed by atoms with E-state index in [4.69, 9.17) is 10.3 Å². The zero-order valence-electron chi connectivity index (χ0n) is 13.3. The van der Waals surface area contributed by atoms with Gasteiger partial charge in [-0.05, 0) is 24.3 Å². The van der Waals surface area contributed by atoms with E-state index in [0.717, 1.165) is 32.1 Å². The second-order valence-electron chi connectivity index (χ2n) is 6.14. The van der Waals surface area contributed by atoms with Gasteiger partial charge in [0.05, 0.1) is 12.2 Å². The molecule has 0 spiro atoms. The Hall–Kier alpha value is -0.590. The van der Waals surface area contributed by atoms with E-state index in [1.54, 1.807) is 0 Å². The summed E-state index contributed by atoms with van der Waals surface area (Å²) in [5.41, 5.74) is 4.94. The predicted molar refractivity (Wildman–Crippen MR) is 83.7 cm³/mol. The van der Waals surface area contributed by atoms with Gasteiger partial charge < -0.3 is 21.3 Å². The normalized spacial score (nSPS) is 22.5. The first kappa shape index (κ1) is 19.5. The lowest BCUT2D eigenvalue weighted by Crippen LogP contribution is -2.49. The van der Waals surface area contributed by atoms with Gasteiger partial charge >= 0.3 is 8.03 Å². The van der Waals surface area contributed by atoms with Gasteiger partial charge in [-0.1, -0.05) is 19.3 Å². The van der Waals surface area contributed by atoms with Crippen molar-refractivity contribution in [1.82, 2.24) is 5.32 Å². The third-order valence-electron chi connectivity index (χ3n) is 4.03. The second-order valence-corrected chi connectivity index (χ2v) is 7.21. The first-order valence-corrected chi connectivity index (χ1v) is 9.38. The average Bonchev–Trinajstić information content (AvgIpc) is 2.43. The highest BCUT2D eigenvalue weighted by atomic mass is 31.1. The number of carbonyl (C=O) groups excluding carboxylic acids is 1. The van der Waals surface area contributed by atoms with E-state index in [9.17, 15) is 19.6 Å². The minimum absolute atomic E-state index is 0.0326. The number of nitrogens with one attached hydrogen (secondary N) is 1. The summed E-state index contributed by atoms with van der Waals surface area (Å²) in [4.78, 5) is 11.7. The van der Waals surface area contributed by atoms with Crippen LogP contribution in [0.4, 0.5) is 0 Å². The van der Waals surface area contributed by atoms with Crippen LogP contribution in [0.1, 0.15) is 45.4 Å². The summed E-state index contributed by atoms with van der Waals surface area (Å²) in [6.45, 7) is 2.98. The molecule has 0 aliphatic heterocycles. The second kappa shape index (κ2) is 8.89. The van der Waals surface area contributed by atoms with E-state index in [2.05, 4.69) is 5.32 Å². The number of aliphatic hydroxyl groups excluding tert-OH is 2. The van der Waals surface area contributed by atoms with Gasteiger partial charge in [-0.2, -0.15) is 0 Å². The van der Waals surface area contributed by atoms with Crippen LogP contribution in [0, 0.1) is 0 Å². The molecule has 1 aliphatic carbocycles. The molecule has 0 aromatic rings. The van der Waals surface area contributed by atoms with Crippen LogP contribution in [-0.4, -0.2) is 53.2 Å². The van der Waals surface area contributed by atoms with Crippen LogP contribution in [0.25, 0.3) is 0 Å². The summed E-state index contributed by atoms with van der Waals surface area (Å²) in [7, 11) is -1.74. The molecule has 0 heterocycles. The molecule has 7 nitrogen and oxygen atoms in total. The Kier molecular flexibility index (Phi) is 7.86. The van der Waals surface area contributed by atoms with Crippen molar-refractivity contribution in [3.8, 4) is 0 Å². The Morgan fingerprint density at radius 3 is 2.45 bits per heavy atom. The number of carbonyl (C=O) groups is 1. The highest BCUT2D eigenvalue weighted by molar-refractivity contribution is 7.38. The topological polar surface area (TPSA) is 122 Å². The zero-order valence-corrected chi connectivity index (χ0v) is 14.2. The van der Waals surface area contributed by atoms with Crippen molar-refractivity contribution < 1.29 is 24.1 Å². The molecule has 22 heavy (non-hydrogen) atoms. The van der Waals surface area contributed by atoms with E-state index in [-0.39, 0.29) is 6.54 Å². The highest BCUT2D eigenvalue weighted by Gasteiger charge is 2.41. The summed E-state index contributed by atoms with van der Waals surface area (Å²) in [5.74, 6) is -0.505. The molecule has 1 aliphatic rings.